The molecule has 2 aromatic carbocycles. The van der Waals surface area contributed by atoms with E-state index in [1.807, 2.05) is 0 Å². The van der Waals surface area contributed by atoms with Crippen LogP contribution in [0.25, 0.3) is 11.3 Å². The molecule has 1 aliphatic carbocycles. The summed E-state index contributed by atoms with van der Waals surface area (Å²) in [5.74, 6) is -1.27. The molecule has 5 rings (SSSR count). The summed E-state index contributed by atoms with van der Waals surface area (Å²) >= 11 is 0. The van der Waals surface area contributed by atoms with Crippen molar-refractivity contribution in [3.8, 4) is 22.8 Å². The van der Waals surface area contributed by atoms with Gasteiger partial charge in [-0.3, -0.25) is 9.69 Å². The predicted molar refractivity (Wildman–Crippen MR) is 197 cm³/mol. The average molecular weight is 795 g/mol. The van der Waals surface area contributed by atoms with Crippen LogP contribution >= 0.6 is 0 Å². The molecule has 1 aliphatic heterocycles. The van der Waals surface area contributed by atoms with E-state index in [9.17, 15) is 28.4 Å². The number of nitrogens with zero attached hydrogens (tertiary/aromatic N) is 2. The van der Waals surface area contributed by atoms with E-state index in [1.165, 1.54) is 30.3 Å². The Morgan fingerprint density at radius 3 is 2.24 bits per heavy atom. The minimum atomic E-state index is -5.44. The summed E-state index contributed by atoms with van der Waals surface area (Å²) in [5, 5.41) is 23.1. The van der Waals surface area contributed by atoms with Crippen LogP contribution in [0.3, 0.4) is 0 Å². The van der Waals surface area contributed by atoms with Gasteiger partial charge in [-0.15, -0.1) is 0 Å². The topological polar surface area (TPSA) is 160 Å². The average Bonchev–Trinajstić information content (AvgIpc) is 3.86. The van der Waals surface area contributed by atoms with Crippen molar-refractivity contribution in [3.63, 3.8) is 0 Å². The maximum atomic E-state index is 15.2. The number of amides is 2. The van der Waals surface area contributed by atoms with Crippen molar-refractivity contribution in [3.05, 3.63) is 71.2 Å². The largest absolute Gasteiger partial charge is 0.487 e. The number of carbonyl (C=O) groups is 2. The molecule has 17 heteroatoms. The zero-order chi connectivity index (χ0) is 40.7. The van der Waals surface area contributed by atoms with Gasteiger partial charge in [0.25, 0.3) is 5.91 Å². The number of aliphatic hydroxyl groups is 2. The molecule has 0 saturated heterocycles. The van der Waals surface area contributed by atoms with Crippen LogP contribution in [-0.2, 0) is 26.9 Å². The number of halogens is 4. The number of aromatic nitrogens is 1. The first-order valence-corrected chi connectivity index (χ1v) is 18.7. The smallest absolute Gasteiger partial charge is 0.424 e. The van der Waals surface area contributed by atoms with Crippen LogP contribution in [0, 0.1) is 5.82 Å². The third kappa shape index (κ3) is 9.39. The quantitative estimate of drug-likeness (QED) is 0.161. The molecule has 4 N–H and O–H groups in total. The van der Waals surface area contributed by atoms with Crippen molar-refractivity contribution in [1.29, 1.82) is 0 Å². The lowest BCUT2D eigenvalue weighted by atomic mass is 9.89. The monoisotopic (exact) mass is 794 g/mol. The second-order valence-corrected chi connectivity index (χ2v) is 17.7. The van der Waals surface area contributed by atoms with Gasteiger partial charge in [0.1, 0.15) is 18.0 Å². The first kappa shape index (κ1) is 41.8. The van der Waals surface area contributed by atoms with Crippen LogP contribution < -0.4 is 24.4 Å². The highest BCUT2D eigenvalue weighted by atomic mass is 32.2. The Bertz CT molecular complexity index is 1950. The van der Waals surface area contributed by atoms with E-state index >= 15 is 13.2 Å². The highest BCUT2D eigenvalue weighted by Crippen LogP contribution is 2.49. The standard InChI is InChI=1S/C38H46F4N4O8S/c1-34(2,3)54-33(49)46-21-36(7,45-55(51)35(4,5)6)26-19-29(44-30(31(26)46)22-8-11-24(39)12-9-22)37(50,38(40,41)42)20-43-32(48)23-10-15-27(53-25-13-14-25)28(18-23)52-17-16-47/h8-12,15,18-19,25,45,47,50H,13-14,16-17,20-21H2,1-7H3,(H,43,48)/t36-,37?,55?/m1/s1. The zero-order valence-corrected chi connectivity index (χ0v) is 32.4. The Balaban J connectivity index is 1.63. The fraction of sp³-hybridized carbons (Fsp3) is 0.500. The third-order valence-electron chi connectivity index (χ3n) is 8.71. The second kappa shape index (κ2) is 15.3. The number of rotatable bonds is 12. The third-order valence-corrected chi connectivity index (χ3v) is 10.5. The van der Waals surface area contributed by atoms with E-state index in [0.717, 1.165) is 35.9 Å². The van der Waals surface area contributed by atoms with Gasteiger partial charge in [0.2, 0.25) is 5.60 Å². The van der Waals surface area contributed by atoms with Gasteiger partial charge in [0, 0.05) is 16.7 Å². The Hall–Kier alpha value is -4.32. The number of carbonyl (C=O) groups excluding carboxylic acids is 2. The summed E-state index contributed by atoms with van der Waals surface area (Å²) in [5.41, 5.74) is -7.57. The van der Waals surface area contributed by atoms with Gasteiger partial charge < -0.3 is 29.7 Å². The molecule has 3 aromatic rings. The molecule has 55 heavy (non-hydrogen) atoms. The van der Waals surface area contributed by atoms with E-state index in [4.69, 9.17) is 14.2 Å². The minimum absolute atomic E-state index is 0.00575. The lowest BCUT2D eigenvalue weighted by Crippen LogP contribution is -2.52. The maximum absolute atomic E-state index is 15.2. The number of anilines is 1. The van der Waals surface area contributed by atoms with Crippen LogP contribution in [0.4, 0.5) is 28.0 Å². The molecule has 2 aliphatic rings. The molecule has 1 saturated carbocycles. The molecular weight excluding hydrogens is 748 g/mol. The maximum Gasteiger partial charge on any atom is 0.424 e. The molecule has 12 nitrogen and oxygen atoms in total. The molecular formula is C38H46F4N4O8S. The summed E-state index contributed by atoms with van der Waals surface area (Å²) in [6.45, 7) is 9.32. The number of hydrogen-bond donors (Lipinski definition) is 4. The van der Waals surface area contributed by atoms with Gasteiger partial charge in [0.15, 0.2) is 11.5 Å². The van der Waals surface area contributed by atoms with Crippen molar-refractivity contribution >= 4 is 28.7 Å². The number of benzene rings is 2. The highest BCUT2D eigenvalue weighted by molar-refractivity contribution is 7.84. The molecule has 3 atom stereocenters. The Morgan fingerprint density at radius 1 is 1.02 bits per heavy atom. The fourth-order valence-corrected chi connectivity index (χ4v) is 6.57. The number of alkyl halides is 3. The van der Waals surface area contributed by atoms with Gasteiger partial charge in [-0.25, -0.2) is 23.1 Å². The van der Waals surface area contributed by atoms with Gasteiger partial charge >= 0.3 is 12.3 Å². The molecule has 0 spiro atoms. The SMILES string of the molecule is CC(C)(C)OC(=O)N1C[C@@](C)(NS(=O)C(C)(C)C)c2cc(C(O)(CNC(=O)c3ccc(OC4CC4)c(OCCO)c3)C(F)(F)F)nc(-c3ccc(F)cc3)c21. The van der Waals surface area contributed by atoms with Crippen molar-refractivity contribution in [2.75, 3.05) is 31.2 Å². The summed E-state index contributed by atoms with van der Waals surface area (Å²) in [7, 11) is -1.83. The number of ether oxygens (including phenoxy) is 3. The van der Waals surface area contributed by atoms with Gasteiger partial charge in [-0.05, 0) is 110 Å². The molecule has 2 unspecified atom stereocenters. The first-order valence-electron chi connectivity index (χ1n) is 17.6. The summed E-state index contributed by atoms with van der Waals surface area (Å²) < 4.78 is 92.4. The van der Waals surface area contributed by atoms with Crippen LogP contribution in [-0.4, -0.2) is 80.3 Å². The molecule has 300 valence electrons. The number of hydrogen-bond acceptors (Lipinski definition) is 9. The normalized spacial score (nSPS) is 19.0. The minimum Gasteiger partial charge on any atom is -0.487 e. The number of nitrogens with one attached hydrogen (secondary N) is 2. The molecule has 1 fully saturated rings. The van der Waals surface area contributed by atoms with Crippen LogP contribution in [0.15, 0.2) is 48.5 Å². The lowest BCUT2D eigenvalue weighted by molar-refractivity contribution is -0.265. The first-order chi connectivity index (χ1) is 25.5. The molecule has 2 heterocycles. The zero-order valence-electron chi connectivity index (χ0n) is 31.6. The molecule has 0 bridgehead atoms. The highest BCUT2D eigenvalue weighted by Gasteiger charge is 2.58. The van der Waals surface area contributed by atoms with Crippen LogP contribution in [0.1, 0.15) is 82.9 Å². The van der Waals surface area contributed by atoms with Gasteiger partial charge in [0.05, 0.1) is 64.1 Å². The van der Waals surface area contributed by atoms with Crippen LogP contribution in [0.2, 0.25) is 0 Å². The summed E-state index contributed by atoms with van der Waals surface area (Å²) in [4.78, 5) is 32.6. The van der Waals surface area contributed by atoms with Gasteiger partial charge in [-0.2, -0.15) is 13.2 Å². The number of pyridine rings is 1. The number of aliphatic hydroxyl groups excluding tert-OH is 1. The van der Waals surface area contributed by atoms with E-state index in [0.29, 0.717) is 5.75 Å². The predicted octanol–water partition coefficient (Wildman–Crippen LogP) is 6.00. The molecule has 1 aromatic heterocycles. The molecule has 0 radical (unpaired) electrons. The van der Waals surface area contributed by atoms with Crippen molar-refractivity contribution in [2.45, 2.75) is 95.1 Å². The van der Waals surface area contributed by atoms with E-state index in [2.05, 4.69) is 15.0 Å². The van der Waals surface area contributed by atoms with Crippen molar-refractivity contribution in [2.24, 2.45) is 0 Å². The fourth-order valence-electron chi connectivity index (χ4n) is 5.68. The van der Waals surface area contributed by atoms with E-state index in [1.54, 1.807) is 48.5 Å². The summed E-state index contributed by atoms with van der Waals surface area (Å²) in [6, 6.07) is 9.61. The summed E-state index contributed by atoms with van der Waals surface area (Å²) in [6.07, 6.45) is -4.73. The Labute approximate surface area is 319 Å². The number of fused-ring (bicyclic) bond motifs is 1. The van der Waals surface area contributed by atoms with Crippen molar-refractivity contribution in [1.82, 2.24) is 15.0 Å². The van der Waals surface area contributed by atoms with Gasteiger partial charge in [-0.1, -0.05) is 0 Å². The Kier molecular flexibility index (Phi) is 11.6. The van der Waals surface area contributed by atoms with Crippen molar-refractivity contribution < 1.29 is 55.8 Å². The second-order valence-electron chi connectivity index (χ2n) is 15.7. The van der Waals surface area contributed by atoms with E-state index in [-0.39, 0.29) is 59.7 Å². The lowest BCUT2D eigenvalue weighted by Gasteiger charge is -2.33. The van der Waals surface area contributed by atoms with E-state index < -0.39 is 68.7 Å². The van der Waals surface area contributed by atoms with Crippen LogP contribution in [0.5, 0.6) is 11.5 Å². The Morgan fingerprint density at radius 2 is 1.67 bits per heavy atom. The molecule has 2 amide bonds.